The van der Waals surface area contributed by atoms with E-state index in [1.807, 2.05) is 17.5 Å². The summed E-state index contributed by atoms with van der Waals surface area (Å²) in [7, 11) is 2.12. The molecule has 2 fully saturated rings. The fourth-order valence-corrected chi connectivity index (χ4v) is 4.84. The van der Waals surface area contributed by atoms with Crippen LogP contribution in [-0.4, -0.2) is 46.5 Å². The molecular weight excluding hydrogens is 318 g/mol. The number of aromatic nitrogens is 1. The monoisotopic (exact) mass is 343 g/mol. The van der Waals surface area contributed by atoms with Crippen LogP contribution in [0.5, 0.6) is 0 Å². The van der Waals surface area contributed by atoms with Gasteiger partial charge < -0.3 is 9.47 Å². The minimum atomic E-state index is 0.230. The predicted molar refractivity (Wildman–Crippen MR) is 97.2 cm³/mol. The first-order chi connectivity index (χ1) is 11.7. The second-order valence-corrected chi connectivity index (χ2v) is 8.29. The second-order valence-electron chi connectivity index (χ2n) is 7.34. The number of piperidine rings is 1. The number of thiophene rings is 1. The number of hydrogen-bond donors (Lipinski definition) is 0. The van der Waals surface area contributed by atoms with Crippen molar-refractivity contribution in [1.82, 2.24) is 14.4 Å². The summed E-state index contributed by atoms with van der Waals surface area (Å²) in [4.78, 5) is 18.1. The number of hydrogen-bond acceptors (Lipinski definition) is 3. The molecule has 0 saturated carbocycles. The number of nitrogens with zero attached hydrogens (tertiary/aromatic N) is 3. The summed E-state index contributed by atoms with van der Waals surface area (Å²) in [6.45, 7) is 5.20. The second kappa shape index (κ2) is 6.37. The van der Waals surface area contributed by atoms with Crippen molar-refractivity contribution in [3.63, 3.8) is 0 Å². The minimum absolute atomic E-state index is 0.230. The molecule has 0 unspecified atom stereocenters. The molecule has 0 bridgehead atoms. The Hall–Kier alpha value is -1.59. The number of amides is 1. The molecule has 0 N–H and O–H groups in total. The summed E-state index contributed by atoms with van der Waals surface area (Å²) in [6, 6.07) is 8.24. The lowest BCUT2D eigenvalue weighted by atomic mass is 9.78. The Morgan fingerprint density at radius 3 is 2.62 bits per heavy atom. The van der Waals surface area contributed by atoms with Crippen LogP contribution in [0, 0.1) is 5.41 Å². The molecule has 4 rings (SSSR count). The zero-order chi connectivity index (χ0) is 16.6. The van der Waals surface area contributed by atoms with E-state index in [1.165, 1.54) is 25.0 Å². The van der Waals surface area contributed by atoms with Crippen molar-refractivity contribution < 1.29 is 4.79 Å². The molecule has 0 aromatic carbocycles. The highest BCUT2D eigenvalue weighted by molar-refractivity contribution is 7.12. The molecule has 2 aliphatic rings. The summed E-state index contributed by atoms with van der Waals surface area (Å²) in [5, 5.41) is 1.99. The fourth-order valence-electron chi connectivity index (χ4n) is 4.15. The van der Waals surface area contributed by atoms with Crippen LogP contribution < -0.4 is 0 Å². The minimum Gasteiger partial charge on any atom is -0.353 e. The first-order valence-electron chi connectivity index (χ1n) is 8.81. The topological polar surface area (TPSA) is 28.5 Å². The van der Waals surface area contributed by atoms with Crippen molar-refractivity contribution in [3.8, 4) is 0 Å². The van der Waals surface area contributed by atoms with Crippen molar-refractivity contribution in [2.75, 3.05) is 26.2 Å². The summed E-state index contributed by atoms with van der Waals surface area (Å²) in [6.07, 6.45) is 5.71. The van der Waals surface area contributed by atoms with Crippen LogP contribution in [0.2, 0.25) is 0 Å². The highest BCUT2D eigenvalue weighted by atomic mass is 32.1. The van der Waals surface area contributed by atoms with E-state index >= 15 is 0 Å². The average molecular weight is 343 g/mol. The van der Waals surface area contributed by atoms with Gasteiger partial charge in [-0.15, -0.1) is 11.3 Å². The highest BCUT2D eigenvalue weighted by Crippen LogP contribution is 2.41. The van der Waals surface area contributed by atoms with Crippen LogP contribution in [0.1, 0.15) is 34.6 Å². The molecule has 2 saturated heterocycles. The van der Waals surface area contributed by atoms with Gasteiger partial charge in [-0.3, -0.25) is 9.69 Å². The summed E-state index contributed by atoms with van der Waals surface area (Å²) >= 11 is 1.56. The predicted octanol–water partition coefficient (Wildman–Crippen LogP) is 3.21. The zero-order valence-electron chi connectivity index (χ0n) is 14.3. The highest BCUT2D eigenvalue weighted by Gasteiger charge is 2.42. The number of rotatable bonds is 3. The van der Waals surface area contributed by atoms with Gasteiger partial charge in [0.05, 0.1) is 4.88 Å². The molecule has 5 heteroatoms. The molecule has 24 heavy (non-hydrogen) atoms. The summed E-state index contributed by atoms with van der Waals surface area (Å²) in [5.41, 5.74) is 1.74. The lowest BCUT2D eigenvalue weighted by Gasteiger charge is -2.39. The molecule has 1 amide bonds. The maximum atomic E-state index is 12.6. The van der Waals surface area contributed by atoms with Gasteiger partial charge in [0.15, 0.2) is 0 Å². The normalized spacial score (nSPS) is 20.8. The van der Waals surface area contributed by atoms with Crippen LogP contribution in [0.3, 0.4) is 0 Å². The van der Waals surface area contributed by atoms with Crippen LogP contribution in [0.4, 0.5) is 0 Å². The van der Waals surface area contributed by atoms with Crippen molar-refractivity contribution >= 4 is 17.2 Å². The van der Waals surface area contributed by atoms with Crippen molar-refractivity contribution in [3.05, 3.63) is 46.4 Å². The largest absolute Gasteiger partial charge is 0.353 e. The molecule has 1 spiro atoms. The van der Waals surface area contributed by atoms with Crippen LogP contribution in [0.15, 0.2) is 35.8 Å². The average Bonchev–Trinajstić information content (AvgIpc) is 3.32. The maximum absolute atomic E-state index is 12.6. The molecule has 2 aliphatic heterocycles. The molecule has 4 nitrogen and oxygen atoms in total. The van der Waals surface area contributed by atoms with Crippen molar-refractivity contribution in [1.29, 1.82) is 0 Å². The van der Waals surface area contributed by atoms with E-state index in [4.69, 9.17) is 0 Å². The molecule has 0 radical (unpaired) electrons. The third kappa shape index (κ3) is 3.03. The zero-order valence-corrected chi connectivity index (χ0v) is 15.1. The van der Waals surface area contributed by atoms with Crippen LogP contribution in [0.25, 0.3) is 0 Å². The molecule has 2 aromatic rings. The van der Waals surface area contributed by atoms with Gasteiger partial charge in [0, 0.05) is 38.6 Å². The van der Waals surface area contributed by atoms with Crippen LogP contribution >= 0.6 is 11.3 Å². The van der Waals surface area contributed by atoms with Gasteiger partial charge in [-0.2, -0.15) is 0 Å². The van der Waals surface area contributed by atoms with Gasteiger partial charge in [-0.05, 0) is 61.3 Å². The van der Waals surface area contributed by atoms with Crippen LogP contribution in [-0.2, 0) is 13.6 Å². The lowest BCUT2D eigenvalue weighted by molar-refractivity contribution is 0.0716. The summed E-state index contributed by atoms with van der Waals surface area (Å²) < 4.78 is 2.21. The Kier molecular flexibility index (Phi) is 4.22. The van der Waals surface area contributed by atoms with E-state index in [-0.39, 0.29) is 5.91 Å². The van der Waals surface area contributed by atoms with Gasteiger partial charge in [-0.25, -0.2) is 0 Å². The molecular formula is C19H25N3OS. The Labute approximate surface area is 147 Å². The van der Waals surface area contributed by atoms with Gasteiger partial charge >= 0.3 is 0 Å². The Bertz CT molecular complexity index is 698. The molecule has 2 aromatic heterocycles. The van der Waals surface area contributed by atoms with Crippen molar-refractivity contribution in [2.45, 2.75) is 25.8 Å². The number of carbonyl (C=O) groups excluding carboxylic acids is 1. The first kappa shape index (κ1) is 15.9. The van der Waals surface area contributed by atoms with E-state index < -0.39 is 0 Å². The van der Waals surface area contributed by atoms with Gasteiger partial charge in [0.25, 0.3) is 5.91 Å². The number of carbonyl (C=O) groups is 1. The number of likely N-dealkylation sites (tertiary alicyclic amines) is 2. The van der Waals surface area contributed by atoms with Gasteiger partial charge in [-0.1, -0.05) is 6.07 Å². The quantitative estimate of drug-likeness (QED) is 0.856. The fraction of sp³-hybridized carbons (Fsp3) is 0.526. The third-order valence-electron chi connectivity index (χ3n) is 5.81. The molecule has 0 atom stereocenters. The smallest absolute Gasteiger partial charge is 0.263 e. The Morgan fingerprint density at radius 1 is 1.17 bits per heavy atom. The number of aryl methyl sites for hydroxylation is 1. The molecule has 0 aliphatic carbocycles. The van der Waals surface area contributed by atoms with E-state index in [2.05, 4.69) is 39.7 Å². The standard InChI is InChI=1S/C19H25N3OS/c1-20-9-2-4-16(20)14-21-10-6-19(7-11-21)8-12-22(15-19)18(23)17-5-3-13-24-17/h2-5,9,13H,6-8,10-12,14-15H2,1H3. The van der Waals surface area contributed by atoms with E-state index in [0.717, 1.165) is 37.6 Å². The maximum Gasteiger partial charge on any atom is 0.263 e. The van der Waals surface area contributed by atoms with Gasteiger partial charge in [0.1, 0.15) is 0 Å². The van der Waals surface area contributed by atoms with Crippen molar-refractivity contribution in [2.24, 2.45) is 12.5 Å². The third-order valence-corrected chi connectivity index (χ3v) is 6.67. The SMILES string of the molecule is Cn1cccc1CN1CCC2(CC1)CCN(C(=O)c1cccs1)C2. The Morgan fingerprint density at radius 2 is 1.96 bits per heavy atom. The Balaban J connectivity index is 1.34. The first-order valence-corrected chi connectivity index (χ1v) is 9.69. The molecule has 4 heterocycles. The lowest BCUT2D eigenvalue weighted by Crippen LogP contribution is -2.42. The van der Waals surface area contributed by atoms with E-state index in [9.17, 15) is 4.79 Å². The van der Waals surface area contributed by atoms with Gasteiger partial charge in [0.2, 0.25) is 0 Å². The van der Waals surface area contributed by atoms with E-state index in [0.29, 0.717) is 5.41 Å². The van der Waals surface area contributed by atoms with E-state index in [1.54, 1.807) is 11.3 Å². The molecule has 128 valence electrons. The summed E-state index contributed by atoms with van der Waals surface area (Å²) in [5.74, 6) is 0.230.